The predicted molar refractivity (Wildman–Crippen MR) is 90.3 cm³/mol. The zero-order valence-corrected chi connectivity index (χ0v) is 14.0. The Morgan fingerprint density at radius 2 is 1.92 bits per heavy atom. The standard InChI is InChI=1S/C17H19N3O3S/c21-15(12-7-4-8-13(9-12)17(22)23)18-10-14-19-20-16(24-14)11-5-2-1-3-6-11/h1-3,5-6,12-13H,4,7-10H2,(H,18,21)(H,22,23). The Kier molecular flexibility index (Phi) is 5.20. The Balaban J connectivity index is 1.55. The lowest BCUT2D eigenvalue weighted by Gasteiger charge is -2.25. The zero-order chi connectivity index (χ0) is 16.9. The van der Waals surface area contributed by atoms with Gasteiger partial charge in [0.15, 0.2) is 0 Å². The number of carboxylic acids is 1. The molecule has 1 aromatic carbocycles. The molecule has 2 aromatic rings. The van der Waals surface area contributed by atoms with Crippen LogP contribution in [0.5, 0.6) is 0 Å². The number of hydrogen-bond acceptors (Lipinski definition) is 5. The lowest BCUT2D eigenvalue weighted by atomic mass is 9.81. The van der Waals surface area contributed by atoms with Crippen molar-refractivity contribution in [3.05, 3.63) is 35.3 Å². The SMILES string of the molecule is O=C(O)C1CCCC(C(=O)NCc2nnc(-c3ccccc3)s2)C1. The van der Waals surface area contributed by atoms with Gasteiger partial charge in [-0.1, -0.05) is 48.1 Å². The van der Waals surface area contributed by atoms with E-state index in [0.717, 1.165) is 28.4 Å². The van der Waals surface area contributed by atoms with Crippen molar-refractivity contribution in [1.29, 1.82) is 0 Å². The molecule has 1 fully saturated rings. The Labute approximate surface area is 143 Å². The largest absolute Gasteiger partial charge is 0.481 e. The van der Waals surface area contributed by atoms with Gasteiger partial charge in [0.25, 0.3) is 0 Å². The third-order valence-electron chi connectivity index (χ3n) is 4.30. The molecule has 7 heteroatoms. The molecule has 0 aliphatic heterocycles. The molecule has 0 saturated heterocycles. The van der Waals surface area contributed by atoms with Crippen LogP contribution in [0.4, 0.5) is 0 Å². The summed E-state index contributed by atoms with van der Waals surface area (Å²) in [6, 6.07) is 9.77. The highest BCUT2D eigenvalue weighted by Gasteiger charge is 2.30. The van der Waals surface area contributed by atoms with Crippen molar-refractivity contribution in [2.45, 2.75) is 32.2 Å². The molecule has 1 aliphatic carbocycles. The lowest BCUT2D eigenvalue weighted by Crippen LogP contribution is -2.35. The molecule has 1 heterocycles. The number of benzene rings is 1. The van der Waals surface area contributed by atoms with Gasteiger partial charge in [0.05, 0.1) is 12.5 Å². The molecule has 1 saturated carbocycles. The highest BCUT2D eigenvalue weighted by molar-refractivity contribution is 7.14. The van der Waals surface area contributed by atoms with E-state index < -0.39 is 11.9 Å². The highest BCUT2D eigenvalue weighted by Crippen LogP contribution is 2.29. The number of aliphatic carboxylic acids is 1. The summed E-state index contributed by atoms with van der Waals surface area (Å²) in [5.41, 5.74) is 1.00. The summed E-state index contributed by atoms with van der Waals surface area (Å²) in [6.07, 6.45) is 2.62. The van der Waals surface area contributed by atoms with E-state index in [9.17, 15) is 9.59 Å². The van der Waals surface area contributed by atoms with Gasteiger partial charge in [0.1, 0.15) is 10.0 Å². The summed E-state index contributed by atoms with van der Waals surface area (Å²) < 4.78 is 0. The summed E-state index contributed by atoms with van der Waals surface area (Å²) in [4.78, 5) is 23.4. The van der Waals surface area contributed by atoms with Gasteiger partial charge < -0.3 is 10.4 Å². The molecule has 24 heavy (non-hydrogen) atoms. The van der Waals surface area contributed by atoms with Gasteiger partial charge in [-0.15, -0.1) is 10.2 Å². The minimum Gasteiger partial charge on any atom is -0.481 e. The number of amides is 1. The van der Waals surface area contributed by atoms with Crippen LogP contribution in [0.15, 0.2) is 30.3 Å². The fraction of sp³-hybridized carbons (Fsp3) is 0.412. The predicted octanol–water partition coefficient (Wildman–Crippen LogP) is 2.71. The first-order valence-corrected chi connectivity index (χ1v) is 8.83. The average molecular weight is 345 g/mol. The van der Waals surface area contributed by atoms with Gasteiger partial charge in [-0.25, -0.2) is 0 Å². The number of nitrogens with zero attached hydrogens (tertiary/aromatic N) is 2. The molecule has 2 N–H and O–H groups in total. The number of carbonyl (C=O) groups is 2. The van der Waals surface area contributed by atoms with Crippen LogP contribution in [0.3, 0.4) is 0 Å². The fourth-order valence-electron chi connectivity index (χ4n) is 2.98. The normalized spacial score (nSPS) is 20.5. The number of aromatic nitrogens is 2. The van der Waals surface area contributed by atoms with Gasteiger partial charge in [0.2, 0.25) is 5.91 Å². The van der Waals surface area contributed by atoms with Gasteiger partial charge >= 0.3 is 5.97 Å². The smallest absolute Gasteiger partial charge is 0.306 e. The molecule has 2 unspecified atom stereocenters. The minimum absolute atomic E-state index is 0.0857. The maximum Gasteiger partial charge on any atom is 0.306 e. The maximum absolute atomic E-state index is 12.3. The van der Waals surface area contributed by atoms with Crippen molar-refractivity contribution in [2.75, 3.05) is 0 Å². The fourth-order valence-corrected chi connectivity index (χ4v) is 3.77. The van der Waals surface area contributed by atoms with E-state index in [1.807, 2.05) is 30.3 Å². The summed E-state index contributed by atoms with van der Waals surface area (Å²) in [6.45, 7) is 0.331. The highest BCUT2D eigenvalue weighted by atomic mass is 32.1. The van der Waals surface area contributed by atoms with Gasteiger partial charge in [-0.2, -0.15) is 0 Å². The third kappa shape index (κ3) is 3.97. The van der Waals surface area contributed by atoms with E-state index in [-0.39, 0.29) is 11.8 Å². The molecule has 3 rings (SSSR count). The Morgan fingerprint density at radius 1 is 1.17 bits per heavy atom. The van der Waals surface area contributed by atoms with E-state index in [1.54, 1.807) is 0 Å². The quantitative estimate of drug-likeness (QED) is 0.869. The summed E-state index contributed by atoms with van der Waals surface area (Å²) in [5.74, 6) is -1.51. The number of carboxylic acid groups (broad SMARTS) is 1. The van der Waals surface area contributed by atoms with E-state index in [2.05, 4.69) is 15.5 Å². The second-order valence-corrected chi connectivity index (χ2v) is 7.05. The molecule has 1 amide bonds. The molecular formula is C17H19N3O3S. The second-order valence-electron chi connectivity index (χ2n) is 5.98. The summed E-state index contributed by atoms with van der Waals surface area (Å²) in [7, 11) is 0. The molecule has 126 valence electrons. The van der Waals surface area contributed by atoms with E-state index in [4.69, 9.17) is 5.11 Å². The number of hydrogen-bond donors (Lipinski definition) is 2. The monoisotopic (exact) mass is 345 g/mol. The van der Waals surface area contributed by atoms with Crippen LogP contribution in [-0.2, 0) is 16.1 Å². The van der Waals surface area contributed by atoms with Crippen molar-refractivity contribution in [2.24, 2.45) is 11.8 Å². The molecule has 2 atom stereocenters. The van der Waals surface area contributed by atoms with Crippen LogP contribution in [0.2, 0.25) is 0 Å². The number of rotatable bonds is 5. The van der Waals surface area contributed by atoms with E-state index >= 15 is 0 Å². The van der Waals surface area contributed by atoms with Gasteiger partial charge in [-0.05, 0) is 19.3 Å². The first kappa shape index (κ1) is 16.6. The average Bonchev–Trinajstić information content (AvgIpc) is 3.09. The van der Waals surface area contributed by atoms with E-state index in [0.29, 0.717) is 19.4 Å². The van der Waals surface area contributed by atoms with Crippen LogP contribution in [0.1, 0.15) is 30.7 Å². The minimum atomic E-state index is -0.802. The van der Waals surface area contributed by atoms with Crippen LogP contribution in [-0.4, -0.2) is 27.2 Å². The summed E-state index contributed by atoms with van der Waals surface area (Å²) in [5, 5.41) is 21.8. The molecule has 0 bridgehead atoms. The molecule has 0 spiro atoms. The van der Waals surface area contributed by atoms with Gasteiger partial charge in [0, 0.05) is 11.5 Å². The van der Waals surface area contributed by atoms with Crippen molar-refractivity contribution in [3.63, 3.8) is 0 Å². The Hall–Kier alpha value is -2.28. The first-order valence-electron chi connectivity index (χ1n) is 8.02. The van der Waals surface area contributed by atoms with Crippen molar-refractivity contribution >= 4 is 23.2 Å². The third-order valence-corrected chi connectivity index (χ3v) is 5.27. The lowest BCUT2D eigenvalue weighted by molar-refractivity contribution is -0.144. The first-order chi connectivity index (χ1) is 11.6. The Bertz CT molecular complexity index is 717. The van der Waals surface area contributed by atoms with Crippen LogP contribution in [0, 0.1) is 11.8 Å². The van der Waals surface area contributed by atoms with Crippen LogP contribution >= 0.6 is 11.3 Å². The van der Waals surface area contributed by atoms with E-state index in [1.165, 1.54) is 11.3 Å². The molecule has 1 aromatic heterocycles. The summed E-state index contributed by atoms with van der Waals surface area (Å²) >= 11 is 1.45. The number of carbonyl (C=O) groups excluding carboxylic acids is 1. The van der Waals surface area contributed by atoms with Crippen molar-refractivity contribution in [3.8, 4) is 10.6 Å². The van der Waals surface area contributed by atoms with Crippen LogP contribution in [0.25, 0.3) is 10.6 Å². The Morgan fingerprint density at radius 3 is 2.67 bits per heavy atom. The molecular weight excluding hydrogens is 326 g/mol. The molecule has 6 nitrogen and oxygen atoms in total. The zero-order valence-electron chi connectivity index (χ0n) is 13.1. The molecule has 0 radical (unpaired) electrons. The maximum atomic E-state index is 12.3. The molecule has 1 aliphatic rings. The van der Waals surface area contributed by atoms with Crippen molar-refractivity contribution < 1.29 is 14.7 Å². The van der Waals surface area contributed by atoms with Crippen molar-refractivity contribution in [1.82, 2.24) is 15.5 Å². The van der Waals surface area contributed by atoms with Crippen LogP contribution < -0.4 is 5.32 Å². The second kappa shape index (κ2) is 7.53. The number of nitrogens with one attached hydrogen (secondary N) is 1. The topological polar surface area (TPSA) is 92.2 Å². The van der Waals surface area contributed by atoms with Gasteiger partial charge in [-0.3, -0.25) is 9.59 Å².